The first-order chi connectivity index (χ1) is 8.64. The Morgan fingerprint density at radius 3 is 2.44 bits per heavy atom. The molecule has 4 unspecified atom stereocenters. The molecule has 0 amide bonds. The largest absolute Gasteiger partial charge is 0.480 e. The third-order valence-electron chi connectivity index (χ3n) is 5.65. The smallest absolute Gasteiger partial charge is 0.323 e. The summed E-state index contributed by atoms with van der Waals surface area (Å²) in [6.45, 7) is 2.43. The van der Waals surface area contributed by atoms with Gasteiger partial charge in [-0.15, -0.1) is 0 Å². The summed E-state index contributed by atoms with van der Waals surface area (Å²) in [5, 5.41) is 12.5. The van der Waals surface area contributed by atoms with Gasteiger partial charge >= 0.3 is 5.97 Å². The Bertz CT molecular complexity index is 335. The van der Waals surface area contributed by atoms with Crippen LogP contribution in [-0.2, 0) is 4.79 Å². The maximum atomic E-state index is 11.4. The molecule has 0 spiro atoms. The van der Waals surface area contributed by atoms with Gasteiger partial charge in [0.2, 0.25) is 0 Å². The van der Waals surface area contributed by atoms with Crippen LogP contribution in [0, 0.1) is 11.8 Å². The van der Waals surface area contributed by atoms with Gasteiger partial charge in [0.25, 0.3) is 0 Å². The normalized spacial score (nSPS) is 44.4. The van der Waals surface area contributed by atoms with Crippen molar-refractivity contribution < 1.29 is 9.90 Å². The van der Waals surface area contributed by atoms with Crippen LogP contribution in [0.25, 0.3) is 0 Å². The third-order valence-corrected chi connectivity index (χ3v) is 5.65. The molecule has 3 fully saturated rings. The monoisotopic (exact) mass is 252 g/mol. The van der Waals surface area contributed by atoms with E-state index in [1.807, 2.05) is 0 Å². The first-order valence-electron chi connectivity index (χ1n) is 7.31. The number of hydrogen-bond acceptors (Lipinski definition) is 3. The Morgan fingerprint density at radius 2 is 1.94 bits per heavy atom. The highest BCUT2D eigenvalue weighted by Crippen LogP contribution is 2.42. The van der Waals surface area contributed by atoms with Crippen LogP contribution in [0.1, 0.15) is 38.5 Å². The fourth-order valence-corrected chi connectivity index (χ4v) is 4.43. The first-order valence-corrected chi connectivity index (χ1v) is 7.31. The van der Waals surface area contributed by atoms with Crippen molar-refractivity contribution in [1.82, 2.24) is 10.2 Å². The van der Waals surface area contributed by atoms with Gasteiger partial charge in [0.15, 0.2) is 0 Å². The molecule has 2 saturated carbocycles. The molecule has 0 aromatic carbocycles. The quantitative estimate of drug-likeness (QED) is 0.795. The highest BCUT2D eigenvalue weighted by Gasteiger charge is 2.48. The maximum Gasteiger partial charge on any atom is 0.323 e. The van der Waals surface area contributed by atoms with E-state index >= 15 is 0 Å². The Kier molecular flexibility index (Phi) is 3.10. The highest BCUT2D eigenvalue weighted by atomic mass is 16.4. The number of fused-ring (bicyclic) bond motifs is 1. The predicted molar refractivity (Wildman–Crippen MR) is 69.5 cm³/mol. The van der Waals surface area contributed by atoms with Gasteiger partial charge in [-0.2, -0.15) is 0 Å². The van der Waals surface area contributed by atoms with E-state index < -0.39 is 11.5 Å². The van der Waals surface area contributed by atoms with E-state index in [-0.39, 0.29) is 0 Å². The SMILES string of the molecule is CNC1(C(=O)O)CCC(N2CC3CCCC3C2)C1. The van der Waals surface area contributed by atoms with E-state index in [4.69, 9.17) is 0 Å². The molecule has 0 bridgehead atoms. The number of carboxylic acid groups (broad SMARTS) is 1. The van der Waals surface area contributed by atoms with Gasteiger partial charge in [-0.05, 0) is 51.0 Å². The van der Waals surface area contributed by atoms with Gasteiger partial charge < -0.3 is 10.4 Å². The molecule has 3 rings (SSSR count). The third kappa shape index (κ3) is 1.86. The number of nitrogens with one attached hydrogen (secondary N) is 1. The summed E-state index contributed by atoms with van der Waals surface area (Å²) >= 11 is 0. The van der Waals surface area contributed by atoms with Gasteiger partial charge in [-0.1, -0.05) is 6.42 Å². The molecule has 1 saturated heterocycles. The standard InChI is InChI=1S/C14H24N2O2/c1-15-14(13(17)18)6-5-12(7-14)16-8-10-3-2-4-11(10)9-16/h10-12,15H,2-9H2,1H3,(H,17,18). The predicted octanol–water partition coefficient (Wildman–Crippen LogP) is 1.31. The molecular weight excluding hydrogens is 228 g/mol. The number of likely N-dealkylation sites (N-methyl/N-ethyl adjacent to an activating group) is 1. The van der Waals surface area contributed by atoms with Crippen molar-refractivity contribution in [3.8, 4) is 0 Å². The molecule has 4 heteroatoms. The topological polar surface area (TPSA) is 52.6 Å². The average Bonchev–Trinajstić information content (AvgIpc) is 3.02. The molecule has 2 aliphatic carbocycles. The number of carbonyl (C=O) groups is 1. The Labute approximate surface area is 109 Å². The number of aliphatic carboxylic acids is 1. The van der Waals surface area contributed by atoms with Crippen LogP contribution >= 0.6 is 0 Å². The number of hydrogen-bond donors (Lipinski definition) is 2. The van der Waals surface area contributed by atoms with Crippen molar-refractivity contribution in [2.45, 2.75) is 50.1 Å². The van der Waals surface area contributed by atoms with Gasteiger partial charge in [0.1, 0.15) is 5.54 Å². The fourth-order valence-electron chi connectivity index (χ4n) is 4.43. The van der Waals surface area contributed by atoms with Crippen molar-refractivity contribution in [2.24, 2.45) is 11.8 Å². The lowest BCUT2D eigenvalue weighted by Gasteiger charge is -2.28. The van der Waals surface area contributed by atoms with Crippen molar-refractivity contribution in [3.05, 3.63) is 0 Å². The average molecular weight is 252 g/mol. The molecular formula is C14H24N2O2. The lowest BCUT2D eigenvalue weighted by Crippen LogP contribution is -2.49. The number of likely N-dealkylation sites (tertiary alicyclic amines) is 1. The van der Waals surface area contributed by atoms with E-state index in [1.54, 1.807) is 7.05 Å². The van der Waals surface area contributed by atoms with Crippen LogP contribution in [0.15, 0.2) is 0 Å². The summed E-state index contributed by atoms with van der Waals surface area (Å²) < 4.78 is 0. The molecule has 4 nitrogen and oxygen atoms in total. The van der Waals surface area contributed by atoms with Gasteiger partial charge in [-0.3, -0.25) is 9.69 Å². The summed E-state index contributed by atoms with van der Waals surface area (Å²) in [7, 11) is 1.79. The second-order valence-corrected chi connectivity index (χ2v) is 6.44. The molecule has 4 atom stereocenters. The van der Waals surface area contributed by atoms with Crippen LogP contribution in [-0.4, -0.2) is 47.7 Å². The minimum atomic E-state index is -0.674. The first kappa shape index (κ1) is 12.4. The Morgan fingerprint density at radius 1 is 1.28 bits per heavy atom. The van der Waals surface area contributed by atoms with Crippen molar-refractivity contribution in [1.29, 1.82) is 0 Å². The zero-order valence-corrected chi connectivity index (χ0v) is 11.2. The molecule has 0 radical (unpaired) electrons. The summed E-state index contributed by atoms with van der Waals surface area (Å²) in [5.41, 5.74) is -0.664. The van der Waals surface area contributed by atoms with Crippen molar-refractivity contribution in [2.75, 3.05) is 20.1 Å². The zero-order valence-electron chi connectivity index (χ0n) is 11.2. The number of carboxylic acids is 1. The van der Waals surface area contributed by atoms with Crippen LogP contribution < -0.4 is 5.32 Å². The Hall–Kier alpha value is -0.610. The van der Waals surface area contributed by atoms with Crippen LogP contribution in [0.3, 0.4) is 0 Å². The van der Waals surface area contributed by atoms with Crippen LogP contribution in [0.5, 0.6) is 0 Å². The van der Waals surface area contributed by atoms with E-state index in [2.05, 4.69) is 10.2 Å². The summed E-state index contributed by atoms with van der Waals surface area (Å²) in [6, 6.07) is 0.485. The van der Waals surface area contributed by atoms with Crippen molar-refractivity contribution >= 4 is 5.97 Å². The van der Waals surface area contributed by atoms with Crippen LogP contribution in [0.4, 0.5) is 0 Å². The Balaban J connectivity index is 1.64. The molecule has 0 aromatic rings. The molecule has 18 heavy (non-hydrogen) atoms. The zero-order chi connectivity index (χ0) is 12.8. The molecule has 2 N–H and O–H groups in total. The molecule has 0 aromatic heterocycles. The van der Waals surface area contributed by atoms with E-state index in [0.717, 1.165) is 31.1 Å². The minimum Gasteiger partial charge on any atom is -0.480 e. The molecule has 102 valence electrons. The number of rotatable bonds is 3. The second kappa shape index (κ2) is 4.49. The fraction of sp³-hybridized carbons (Fsp3) is 0.929. The second-order valence-electron chi connectivity index (χ2n) is 6.44. The van der Waals surface area contributed by atoms with E-state index in [9.17, 15) is 9.90 Å². The van der Waals surface area contributed by atoms with Gasteiger partial charge in [0.05, 0.1) is 0 Å². The summed E-state index contributed by atoms with van der Waals surface area (Å²) in [4.78, 5) is 14.0. The summed E-state index contributed by atoms with van der Waals surface area (Å²) in [5.74, 6) is 1.13. The lowest BCUT2D eigenvalue weighted by molar-refractivity contribution is -0.144. The number of nitrogens with zero attached hydrogens (tertiary/aromatic N) is 1. The minimum absolute atomic E-state index is 0.485. The molecule has 1 heterocycles. The molecule has 3 aliphatic rings. The van der Waals surface area contributed by atoms with E-state index in [1.165, 1.54) is 32.4 Å². The lowest BCUT2D eigenvalue weighted by atomic mass is 9.98. The maximum absolute atomic E-state index is 11.4. The van der Waals surface area contributed by atoms with E-state index in [0.29, 0.717) is 6.04 Å². The van der Waals surface area contributed by atoms with Gasteiger partial charge in [0, 0.05) is 19.1 Å². The van der Waals surface area contributed by atoms with Crippen LogP contribution in [0.2, 0.25) is 0 Å². The van der Waals surface area contributed by atoms with Crippen molar-refractivity contribution in [3.63, 3.8) is 0 Å². The molecule has 1 aliphatic heterocycles. The highest BCUT2D eigenvalue weighted by molar-refractivity contribution is 5.79. The van der Waals surface area contributed by atoms with Gasteiger partial charge in [-0.25, -0.2) is 0 Å². The summed E-state index contributed by atoms with van der Waals surface area (Å²) in [6.07, 6.45) is 6.78.